The number of fused-ring (bicyclic) bond motifs is 3. The molecule has 2 unspecified atom stereocenters. The van der Waals surface area contributed by atoms with E-state index in [4.69, 9.17) is 4.74 Å². The second kappa shape index (κ2) is 6.91. The Hall–Kier alpha value is -2.80. The molecule has 0 amide bonds. The number of aromatic nitrogens is 3. The van der Waals surface area contributed by atoms with Crippen molar-refractivity contribution >= 4 is 22.4 Å². The molecule has 3 aliphatic heterocycles. The molecule has 2 aromatic heterocycles. The largest absolute Gasteiger partial charge is 0.371 e. The number of benzene rings is 1. The van der Waals surface area contributed by atoms with Gasteiger partial charge in [-0.2, -0.15) is 5.10 Å². The Morgan fingerprint density at radius 1 is 1.21 bits per heavy atom. The summed E-state index contributed by atoms with van der Waals surface area (Å²) < 4.78 is 20.3. The number of hydrogen-bond donors (Lipinski definition) is 1. The number of rotatable bonds is 4. The highest BCUT2D eigenvalue weighted by Gasteiger charge is 2.38. The summed E-state index contributed by atoms with van der Waals surface area (Å²) in [6, 6.07) is 7.29. The second-order valence-electron chi connectivity index (χ2n) is 8.09. The summed E-state index contributed by atoms with van der Waals surface area (Å²) in [5, 5.41) is 12.9. The standard InChI is InChI=1S/C22H24FN5O/c1-12-5-4-6-18(20(12)23)13(2)25-22-19-7-15(9-24-21(19)14(3)26-27-22)28-10-16-8-17(11-28)29-16/h4-7,9,13,16-17H,8,10-11H2,1-3H3,(H,25,27)/t13-,16?,17?/m1/s1. The molecule has 3 aromatic rings. The zero-order chi connectivity index (χ0) is 20.1. The Bertz CT molecular complexity index is 1070. The molecule has 1 aromatic carbocycles. The summed E-state index contributed by atoms with van der Waals surface area (Å²) >= 11 is 0. The molecule has 3 aliphatic rings. The van der Waals surface area contributed by atoms with Crippen molar-refractivity contribution in [2.24, 2.45) is 0 Å². The third kappa shape index (κ3) is 3.19. The van der Waals surface area contributed by atoms with Crippen molar-refractivity contribution in [2.75, 3.05) is 23.3 Å². The fraction of sp³-hybridized carbons (Fsp3) is 0.409. The van der Waals surface area contributed by atoms with E-state index in [1.807, 2.05) is 26.1 Å². The predicted octanol–water partition coefficient (Wildman–Crippen LogP) is 3.93. The van der Waals surface area contributed by atoms with Crippen molar-refractivity contribution in [3.63, 3.8) is 0 Å². The van der Waals surface area contributed by atoms with E-state index in [0.717, 1.165) is 41.8 Å². The highest BCUT2D eigenvalue weighted by molar-refractivity contribution is 5.92. The fourth-order valence-corrected chi connectivity index (χ4v) is 4.28. The first-order valence-electron chi connectivity index (χ1n) is 10.0. The van der Waals surface area contributed by atoms with E-state index >= 15 is 0 Å². The van der Waals surface area contributed by atoms with Gasteiger partial charge < -0.3 is 15.0 Å². The van der Waals surface area contributed by atoms with E-state index in [-0.39, 0.29) is 11.9 Å². The normalized spacial score (nSPS) is 21.7. The molecule has 1 N–H and O–H groups in total. The maximum atomic E-state index is 14.6. The van der Waals surface area contributed by atoms with Gasteiger partial charge in [-0.15, -0.1) is 5.10 Å². The number of hydrogen-bond acceptors (Lipinski definition) is 6. The molecule has 6 nitrogen and oxygen atoms in total. The lowest BCUT2D eigenvalue weighted by molar-refractivity contribution is -0.133. The minimum absolute atomic E-state index is 0.191. The highest BCUT2D eigenvalue weighted by Crippen LogP contribution is 2.34. The number of pyridine rings is 1. The minimum atomic E-state index is -0.255. The van der Waals surface area contributed by atoms with Crippen LogP contribution in [0.3, 0.4) is 0 Å². The van der Waals surface area contributed by atoms with Gasteiger partial charge in [0, 0.05) is 30.5 Å². The van der Waals surface area contributed by atoms with Gasteiger partial charge >= 0.3 is 0 Å². The van der Waals surface area contributed by atoms with Crippen LogP contribution in [-0.4, -0.2) is 40.5 Å². The SMILES string of the molecule is Cc1cccc([C@@H](C)Nc2nnc(C)c3ncc(N4CC5CC(C4)O5)cc23)c1F. The van der Waals surface area contributed by atoms with Gasteiger partial charge in [-0.3, -0.25) is 4.98 Å². The first-order chi connectivity index (χ1) is 14.0. The Morgan fingerprint density at radius 2 is 1.97 bits per heavy atom. The van der Waals surface area contributed by atoms with Gasteiger partial charge in [-0.05, 0) is 32.4 Å². The highest BCUT2D eigenvalue weighted by atomic mass is 19.1. The summed E-state index contributed by atoms with van der Waals surface area (Å²) in [5.41, 5.74) is 3.88. The van der Waals surface area contributed by atoms with Crippen LogP contribution in [0.5, 0.6) is 0 Å². The maximum Gasteiger partial charge on any atom is 0.158 e. The molecule has 3 saturated heterocycles. The molecule has 3 atom stereocenters. The van der Waals surface area contributed by atoms with E-state index < -0.39 is 0 Å². The topological polar surface area (TPSA) is 63.2 Å². The number of halogens is 1. The Labute approximate surface area is 169 Å². The Kier molecular flexibility index (Phi) is 4.35. The van der Waals surface area contributed by atoms with Crippen molar-refractivity contribution in [3.05, 3.63) is 53.1 Å². The Balaban J connectivity index is 1.50. The number of anilines is 2. The molecule has 150 valence electrons. The molecule has 0 aliphatic carbocycles. The van der Waals surface area contributed by atoms with Crippen molar-refractivity contribution in [1.82, 2.24) is 15.2 Å². The summed E-state index contributed by atoms with van der Waals surface area (Å²) in [6.45, 7) is 7.37. The van der Waals surface area contributed by atoms with Crippen LogP contribution in [0.1, 0.15) is 36.2 Å². The van der Waals surface area contributed by atoms with E-state index in [1.165, 1.54) is 0 Å². The van der Waals surface area contributed by atoms with E-state index in [1.54, 1.807) is 19.1 Å². The smallest absolute Gasteiger partial charge is 0.158 e. The molecular formula is C22H24FN5O. The van der Waals surface area contributed by atoms with E-state index in [2.05, 4.69) is 31.5 Å². The van der Waals surface area contributed by atoms with Crippen LogP contribution >= 0.6 is 0 Å². The number of morpholine rings is 1. The number of nitrogens with one attached hydrogen (secondary N) is 1. The van der Waals surface area contributed by atoms with E-state index in [0.29, 0.717) is 29.2 Å². The first-order valence-corrected chi connectivity index (χ1v) is 10.0. The average Bonchev–Trinajstić information content (AvgIpc) is 2.71. The van der Waals surface area contributed by atoms with Crippen LogP contribution in [-0.2, 0) is 4.74 Å². The van der Waals surface area contributed by atoms with Gasteiger partial charge in [-0.1, -0.05) is 18.2 Å². The molecule has 5 heterocycles. The number of piperidine rings is 1. The lowest BCUT2D eigenvalue weighted by Crippen LogP contribution is -2.57. The van der Waals surface area contributed by atoms with Crippen molar-refractivity contribution < 1.29 is 9.13 Å². The van der Waals surface area contributed by atoms with Crippen molar-refractivity contribution in [3.8, 4) is 0 Å². The van der Waals surface area contributed by atoms with Crippen molar-refractivity contribution in [2.45, 2.75) is 45.4 Å². The van der Waals surface area contributed by atoms with Crippen LogP contribution in [0.25, 0.3) is 10.9 Å². The Morgan fingerprint density at radius 3 is 2.72 bits per heavy atom. The molecule has 0 saturated carbocycles. The van der Waals surface area contributed by atoms with Gasteiger partial charge in [0.05, 0.1) is 41.3 Å². The lowest BCUT2D eigenvalue weighted by atomic mass is 9.98. The molecule has 3 fully saturated rings. The minimum Gasteiger partial charge on any atom is -0.371 e. The van der Waals surface area contributed by atoms with E-state index in [9.17, 15) is 4.39 Å². The quantitative estimate of drug-likeness (QED) is 0.725. The summed E-state index contributed by atoms with van der Waals surface area (Å²) in [5.74, 6) is 0.426. The van der Waals surface area contributed by atoms with Gasteiger partial charge in [0.1, 0.15) is 5.82 Å². The summed E-state index contributed by atoms with van der Waals surface area (Å²) in [4.78, 5) is 6.99. The third-order valence-corrected chi connectivity index (χ3v) is 5.94. The molecular weight excluding hydrogens is 369 g/mol. The fourth-order valence-electron chi connectivity index (χ4n) is 4.28. The maximum absolute atomic E-state index is 14.6. The van der Waals surface area contributed by atoms with Crippen LogP contribution in [0, 0.1) is 19.7 Å². The van der Waals surface area contributed by atoms with Crippen LogP contribution in [0.15, 0.2) is 30.5 Å². The molecule has 2 bridgehead atoms. The second-order valence-corrected chi connectivity index (χ2v) is 8.09. The first kappa shape index (κ1) is 18.2. The van der Waals surface area contributed by atoms with Gasteiger partial charge in [-0.25, -0.2) is 4.39 Å². The summed E-state index contributed by atoms with van der Waals surface area (Å²) in [6.07, 6.45) is 3.69. The molecule has 6 rings (SSSR count). The van der Waals surface area contributed by atoms with Gasteiger partial charge in [0.15, 0.2) is 5.82 Å². The zero-order valence-corrected chi connectivity index (χ0v) is 16.8. The van der Waals surface area contributed by atoms with Gasteiger partial charge in [0.25, 0.3) is 0 Å². The molecule has 0 spiro atoms. The predicted molar refractivity (Wildman–Crippen MR) is 111 cm³/mol. The van der Waals surface area contributed by atoms with Crippen LogP contribution in [0.2, 0.25) is 0 Å². The number of aryl methyl sites for hydroxylation is 2. The molecule has 7 heteroatoms. The van der Waals surface area contributed by atoms with Crippen LogP contribution in [0.4, 0.5) is 15.9 Å². The average molecular weight is 393 g/mol. The zero-order valence-electron chi connectivity index (χ0n) is 16.8. The summed E-state index contributed by atoms with van der Waals surface area (Å²) in [7, 11) is 0. The molecule has 29 heavy (non-hydrogen) atoms. The number of nitrogens with zero attached hydrogens (tertiary/aromatic N) is 4. The lowest BCUT2D eigenvalue weighted by Gasteiger charge is -2.47. The monoisotopic (exact) mass is 393 g/mol. The van der Waals surface area contributed by atoms with Crippen molar-refractivity contribution in [1.29, 1.82) is 0 Å². The third-order valence-electron chi connectivity index (χ3n) is 5.94. The number of ether oxygens (including phenoxy) is 1. The van der Waals surface area contributed by atoms with Gasteiger partial charge in [0.2, 0.25) is 0 Å². The molecule has 0 radical (unpaired) electrons. The van der Waals surface area contributed by atoms with Crippen LogP contribution < -0.4 is 10.2 Å².